The van der Waals surface area contributed by atoms with E-state index in [4.69, 9.17) is 5.11 Å². The Hall–Kier alpha value is -1.42. The van der Waals surface area contributed by atoms with Gasteiger partial charge in [0.2, 0.25) is 5.91 Å². The average molecular weight is 208 g/mol. The number of carbonyl (C=O) groups excluding carboxylic acids is 1. The van der Waals surface area contributed by atoms with Crippen LogP contribution in [0, 0.1) is 0 Å². The predicted molar refractivity (Wildman–Crippen MR) is 58.3 cm³/mol. The van der Waals surface area contributed by atoms with Gasteiger partial charge in [-0.2, -0.15) is 0 Å². The van der Waals surface area contributed by atoms with E-state index in [2.05, 4.69) is 10.3 Å². The van der Waals surface area contributed by atoms with Crippen LogP contribution in [0.5, 0.6) is 0 Å². The second-order valence-electron chi connectivity index (χ2n) is 3.32. The first-order valence-corrected chi connectivity index (χ1v) is 5.13. The highest BCUT2D eigenvalue weighted by Gasteiger charge is 2.02. The highest BCUT2D eigenvalue weighted by Crippen LogP contribution is 2.06. The minimum atomic E-state index is -0.112. The zero-order valence-electron chi connectivity index (χ0n) is 8.86. The monoisotopic (exact) mass is 208 g/mol. The molecule has 0 aliphatic carbocycles. The standard InChI is InChI=1S/C11H16N2O2/c1-2-3-7-11(15)13-10-6-4-5-9(8-14)12-10/h4-6,14H,2-3,7-8H2,1H3,(H,12,13,15). The van der Waals surface area contributed by atoms with Crippen molar-refractivity contribution in [2.24, 2.45) is 0 Å². The Morgan fingerprint density at radius 2 is 2.33 bits per heavy atom. The molecule has 0 atom stereocenters. The smallest absolute Gasteiger partial charge is 0.225 e. The van der Waals surface area contributed by atoms with Crippen LogP contribution in [0.3, 0.4) is 0 Å². The second kappa shape index (κ2) is 6.14. The molecule has 4 nitrogen and oxygen atoms in total. The van der Waals surface area contributed by atoms with E-state index in [1.54, 1.807) is 18.2 Å². The van der Waals surface area contributed by atoms with Gasteiger partial charge in [0, 0.05) is 6.42 Å². The van der Waals surface area contributed by atoms with E-state index in [-0.39, 0.29) is 12.5 Å². The fourth-order valence-electron chi connectivity index (χ4n) is 1.18. The molecule has 1 heterocycles. The van der Waals surface area contributed by atoms with Gasteiger partial charge in [-0.05, 0) is 18.6 Å². The summed E-state index contributed by atoms with van der Waals surface area (Å²) in [5.74, 6) is 0.474. The Morgan fingerprint density at radius 1 is 1.53 bits per heavy atom. The Balaban J connectivity index is 2.52. The maximum absolute atomic E-state index is 11.4. The summed E-state index contributed by atoms with van der Waals surface area (Å²) in [6.45, 7) is 1.93. The SMILES string of the molecule is CCCCC(=O)Nc1cccc(CO)n1. The highest BCUT2D eigenvalue weighted by molar-refractivity contribution is 5.89. The normalized spacial score (nSPS) is 10.0. The number of amides is 1. The van der Waals surface area contributed by atoms with Gasteiger partial charge >= 0.3 is 0 Å². The Bertz CT molecular complexity index is 326. The first kappa shape index (κ1) is 11.7. The molecule has 82 valence electrons. The van der Waals surface area contributed by atoms with Crippen molar-refractivity contribution in [3.8, 4) is 0 Å². The molecule has 1 amide bonds. The van der Waals surface area contributed by atoms with E-state index in [9.17, 15) is 4.79 Å². The number of pyridine rings is 1. The molecule has 0 unspecified atom stereocenters. The third-order valence-electron chi connectivity index (χ3n) is 1.99. The molecule has 0 radical (unpaired) electrons. The number of hydrogen-bond acceptors (Lipinski definition) is 3. The van der Waals surface area contributed by atoms with Gasteiger partial charge in [0.15, 0.2) is 0 Å². The van der Waals surface area contributed by atoms with E-state index < -0.39 is 0 Å². The summed E-state index contributed by atoms with van der Waals surface area (Å²) in [5.41, 5.74) is 0.559. The van der Waals surface area contributed by atoms with Gasteiger partial charge in [-0.1, -0.05) is 19.4 Å². The number of unbranched alkanes of at least 4 members (excludes halogenated alkanes) is 1. The predicted octanol–water partition coefficient (Wildman–Crippen LogP) is 1.70. The number of aliphatic hydroxyl groups is 1. The minimum Gasteiger partial charge on any atom is -0.390 e. The Labute approximate surface area is 89.3 Å². The number of rotatable bonds is 5. The highest BCUT2D eigenvalue weighted by atomic mass is 16.3. The van der Waals surface area contributed by atoms with Gasteiger partial charge in [-0.3, -0.25) is 4.79 Å². The van der Waals surface area contributed by atoms with Crippen molar-refractivity contribution < 1.29 is 9.90 Å². The molecule has 2 N–H and O–H groups in total. The van der Waals surface area contributed by atoms with Crippen LogP contribution >= 0.6 is 0 Å². The van der Waals surface area contributed by atoms with Crippen LogP contribution in [-0.4, -0.2) is 16.0 Å². The van der Waals surface area contributed by atoms with Crippen LogP contribution in [0.2, 0.25) is 0 Å². The number of aromatic nitrogens is 1. The third-order valence-corrected chi connectivity index (χ3v) is 1.99. The number of nitrogens with zero attached hydrogens (tertiary/aromatic N) is 1. The van der Waals surface area contributed by atoms with Gasteiger partial charge in [0.05, 0.1) is 12.3 Å². The fourth-order valence-corrected chi connectivity index (χ4v) is 1.18. The average Bonchev–Trinajstić information content (AvgIpc) is 2.26. The lowest BCUT2D eigenvalue weighted by molar-refractivity contribution is -0.116. The summed E-state index contributed by atoms with van der Waals surface area (Å²) in [5, 5.41) is 11.6. The van der Waals surface area contributed by atoms with Crippen LogP contribution in [0.1, 0.15) is 31.9 Å². The summed E-state index contributed by atoms with van der Waals surface area (Å²) < 4.78 is 0. The summed E-state index contributed by atoms with van der Waals surface area (Å²) in [4.78, 5) is 15.4. The number of hydrogen-bond donors (Lipinski definition) is 2. The summed E-state index contributed by atoms with van der Waals surface area (Å²) in [6, 6.07) is 5.18. The molecule has 4 heteroatoms. The molecular formula is C11H16N2O2. The number of anilines is 1. The Kier molecular flexibility index (Phi) is 4.77. The lowest BCUT2D eigenvalue weighted by atomic mass is 10.2. The first-order chi connectivity index (χ1) is 7.26. The van der Waals surface area contributed by atoms with Crippen molar-refractivity contribution in [1.82, 2.24) is 4.98 Å². The molecule has 0 bridgehead atoms. The molecule has 0 saturated heterocycles. The van der Waals surface area contributed by atoms with Crippen molar-refractivity contribution in [2.75, 3.05) is 5.32 Å². The summed E-state index contributed by atoms with van der Waals surface area (Å²) in [7, 11) is 0. The summed E-state index contributed by atoms with van der Waals surface area (Å²) >= 11 is 0. The topological polar surface area (TPSA) is 62.2 Å². The number of nitrogens with one attached hydrogen (secondary N) is 1. The van der Waals surface area contributed by atoms with Crippen LogP contribution in [0.15, 0.2) is 18.2 Å². The van der Waals surface area contributed by atoms with Crippen LogP contribution in [0.4, 0.5) is 5.82 Å². The zero-order chi connectivity index (χ0) is 11.1. The number of carbonyl (C=O) groups is 1. The molecule has 0 aliphatic heterocycles. The van der Waals surface area contributed by atoms with E-state index in [0.717, 1.165) is 12.8 Å². The molecule has 1 aromatic heterocycles. The van der Waals surface area contributed by atoms with Crippen molar-refractivity contribution in [2.45, 2.75) is 32.8 Å². The maximum atomic E-state index is 11.4. The second-order valence-corrected chi connectivity index (χ2v) is 3.32. The maximum Gasteiger partial charge on any atom is 0.225 e. The van der Waals surface area contributed by atoms with Crippen molar-refractivity contribution in [1.29, 1.82) is 0 Å². The third kappa shape index (κ3) is 4.08. The molecule has 1 rings (SSSR count). The molecule has 1 aromatic rings. The molecule has 0 aromatic carbocycles. The lowest BCUT2D eigenvalue weighted by Gasteiger charge is -2.04. The molecule has 15 heavy (non-hydrogen) atoms. The number of aliphatic hydroxyl groups excluding tert-OH is 1. The van der Waals surface area contributed by atoms with Crippen LogP contribution in [-0.2, 0) is 11.4 Å². The van der Waals surface area contributed by atoms with Gasteiger partial charge in [0.25, 0.3) is 0 Å². The zero-order valence-corrected chi connectivity index (χ0v) is 8.86. The molecule has 0 aliphatic rings. The van der Waals surface area contributed by atoms with Gasteiger partial charge in [-0.15, -0.1) is 0 Å². The first-order valence-electron chi connectivity index (χ1n) is 5.13. The molecule has 0 spiro atoms. The van der Waals surface area contributed by atoms with Crippen molar-refractivity contribution in [3.05, 3.63) is 23.9 Å². The van der Waals surface area contributed by atoms with E-state index in [0.29, 0.717) is 17.9 Å². The quantitative estimate of drug-likeness (QED) is 0.774. The molecule has 0 fully saturated rings. The van der Waals surface area contributed by atoms with Crippen LogP contribution in [0.25, 0.3) is 0 Å². The fraction of sp³-hybridized carbons (Fsp3) is 0.455. The van der Waals surface area contributed by atoms with E-state index >= 15 is 0 Å². The van der Waals surface area contributed by atoms with E-state index in [1.165, 1.54) is 0 Å². The minimum absolute atomic E-state index is 0.0283. The van der Waals surface area contributed by atoms with Crippen LogP contribution < -0.4 is 5.32 Å². The van der Waals surface area contributed by atoms with Crippen molar-refractivity contribution in [3.63, 3.8) is 0 Å². The van der Waals surface area contributed by atoms with Crippen molar-refractivity contribution >= 4 is 11.7 Å². The largest absolute Gasteiger partial charge is 0.390 e. The lowest BCUT2D eigenvalue weighted by Crippen LogP contribution is -2.12. The van der Waals surface area contributed by atoms with Gasteiger partial charge in [-0.25, -0.2) is 4.98 Å². The van der Waals surface area contributed by atoms with Gasteiger partial charge < -0.3 is 10.4 Å². The van der Waals surface area contributed by atoms with Gasteiger partial charge in [0.1, 0.15) is 5.82 Å². The summed E-state index contributed by atoms with van der Waals surface area (Å²) in [6.07, 6.45) is 2.39. The molecular weight excluding hydrogens is 192 g/mol. The molecule has 0 saturated carbocycles. The Morgan fingerprint density at radius 3 is 3.00 bits per heavy atom. The van der Waals surface area contributed by atoms with E-state index in [1.807, 2.05) is 6.92 Å².